The number of ether oxygens (including phenoxy) is 1. The molecular weight excluding hydrogens is 575 g/mol. The predicted octanol–water partition coefficient (Wildman–Crippen LogP) is 6.67. The number of likely N-dealkylation sites (N-methyl/N-ethyl adjacent to an activating group) is 1. The summed E-state index contributed by atoms with van der Waals surface area (Å²) in [7, 11) is 1.56. The van der Waals surface area contributed by atoms with Gasteiger partial charge in [-0.05, 0) is 56.0 Å². The van der Waals surface area contributed by atoms with Crippen molar-refractivity contribution >= 4 is 61.7 Å². The number of carbonyl (C=O) groups excluding carboxylic acids is 2. The van der Waals surface area contributed by atoms with E-state index in [1.54, 1.807) is 25.2 Å². The van der Waals surface area contributed by atoms with Crippen molar-refractivity contribution < 1.29 is 14.3 Å². The van der Waals surface area contributed by atoms with Crippen LogP contribution in [-0.4, -0.2) is 36.4 Å². The van der Waals surface area contributed by atoms with E-state index in [9.17, 15) is 9.59 Å². The van der Waals surface area contributed by atoms with Gasteiger partial charge in [-0.15, -0.1) is 0 Å². The first-order valence-electron chi connectivity index (χ1n) is 11.7. The van der Waals surface area contributed by atoms with E-state index in [0.717, 1.165) is 26.4 Å². The van der Waals surface area contributed by atoms with Gasteiger partial charge in [0, 0.05) is 20.0 Å². The van der Waals surface area contributed by atoms with Crippen molar-refractivity contribution in [3.05, 3.63) is 111 Å². The molecule has 0 unspecified atom stereocenters. The molecule has 0 aromatic heterocycles. The molecule has 0 heterocycles. The highest BCUT2D eigenvalue weighted by atomic mass is 79.9. The number of rotatable bonds is 9. The van der Waals surface area contributed by atoms with Gasteiger partial charge in [0.2, 0.25) is 5.91 Å². The third-order valence-corrected chi connectivity index (χ3v) is 7.59. The van der Waals surface area contributed by atoms with Crippen LogP contribution in [0.3, 0.4) is 0 Å². The Kier molecular flexibility index (Phi) is 9.09. The van der Waals surface area contributed by atoms with Crippen LogP contribution in [0.4, 0.5) is 0 Å². The van der Waals surface area contributed by atoms with Crippen LogP contribution in [0, 0.1) is 0 Å². The van der Waals surface area contributed by atoms with Gasteiger partial charge in [-0.2, -0.15) is 0 Å². The summed E-state index contributed by atoms with van der Waals surface area (Å²) in [5, 5.41) is 5.53. The monoisotopic (exact) mass is 598 g/mol. The maximum Gasteiger partial charge on any atom is 0.261 e. The molecule has 0 saturated heterocycles. The zero-order chi connectivity index (χ0) is 26.4. The summed E-state index contributed by atoms with van der Waals surface area (Å²) in [4.78, 5) is 28.2. The SMILES string of the molecule is CNC(=O)[C@H](Cc1ccccc1)N(Cc1ccc(Cl)c(Cl)c1)C(=O)COc1ccc2ccccc2c1Br. The van der Waals surface area contributed by atoms with Crippen molar-refractivity contribution in [1.29, 1.82) is 0 Å². The van der Waals surface area contributed by atoms with Crippen LogP contribution < -0.4 is 10.1 Å². The quantitative estimate of drug-likeness (QED) is 0.234. The van der Waals surface area contributed by atoms with Gasteiger partial charge in [0.1, 0.15) is 11.8 Å². The first-order valence-corrected chi connectivity index (χ1v) is 13.2. The minimum absolute atomic E-state index is 0.156. The fraction of sp³-hybridized carbons (Fsp3) is 0.172. The lowest BCUT2D eigenvalue weighted by atomic mass is 10.0. The number of carbonyl (C=O) groups is 2. The Balaban J connectivity index is 1.63. The maximum absolute atomic E-state index is 13.6. The molecule has 37 heavy (non-hydrogen) atoms. The van der Waals surface area contributed by atoms with Gasteiger partial charge in [0.25, 0.3) is 5.91 Å². The molecule has 0 aliphatic carbocycles. The Morgan fingerprint density at radius 1 is 0.919 bits per heavy atom. The molecule has 2 amide bonds. The number of nitrogens with zero attached hydrogens (tertiary/aromatic N) is 1. The maximum atomic E-state index is 13.6. The second-order valence-electron chi connectivity index (χ2n) is 8.48. The largest absolute Gasteiger partial charge is 0.483 e. The van der Waals surface area contributed by atoms with Crippen LogP contribution in [0.25, 0.3) is 10.8 Å². The number of fused-ring (bicyclic) bond motifs is 1. The van der Waals surface area contributed by atoms with Crippen LogP contribution in [0.1, 0.15) is 11.1 Å². The first-order chi connectivity index (χ1) is 17.9. The number of hydrogen-bond donors (Lipinski definition) is 1. The molecule has 0 fully saturated rings. The number of hydrogen-bond acceptors (Lipinski definition) is 3. The molecule has 0 radical (unpaired) electrons. The summed E-state index contributed by atoms with van der Waals surface area (Å²) in [6.07, 6.45) is 0.341. The summed E-state index contributed by atoms with van der Waals surface area (Å²) in [6, 6.07) is 25.6. The van der Waals surface area contributed by atoms with E-state index in [2.05, 4.69) is 21.2 Å². The molecule has 0 bridgehead atoms. The Hall–Kier alpha value is -3.06. The molecule has 0 saturated carbocycles. The smallest absolute Gasteiger partial charge is 0.261 e. The van der Waals surface area contributed by atoms with Crippen molar-refractivity contribution in [3.63, 3.8) is 0 Å². The molecule has 1 atom stereocenters. The number of halogens is 3. The van der Waals surface area contributed by atoms with Gasteiger partial charge in [-0.25, -0.2) is 0 Å². The van der Waals surface area contributed by atoms with E-state index in [-0.39, 0.29) is 25.0 Å². The summed E-state index contributed by atoms with van der Waals surface area (Å²) in [6.45, 7) is -0.0938. The third-order valence-electron chi connectivity index (χ3n) is 6.03. The first kappa shape index (κ1) is 27.0. The average Bonchev–Trinajstić information content (AvgIpc) is 2.92. The van der Waals surface area contributed by atoms with Crippen molar-refractivity contribution in [3.8, 4) is 5.75 Å². The number of benzene rings is 4. The Labute approximate surface area is 234 Å². The van der Waals surface area contributed by atoms with Gasteiger partial charge in [0.15, 0.2) is 6.61 Å². The second kappa shape index (κ2) is 12.5. The standard InChI is InChI=1S/C29H25BrCl2N2O3/c1-33-29(36)25(16-19-7-3-2-4-8-19)34(17-20-11-13-23(31)24(32)15-20)27(35)18-37-26-14-12-21-9-5-6-10-22(21)28(26)30/h2-15,25H,16-18H2,1H3,(H,33,36)/t25-/m0/s1. The van der Waals surface area contributed by atoms with Crippen LogP contribution in [0.2, 0.25) is 10.0 Å². The normalized spacial score (nSPS) is 11.7. The summed E-state index contributed by atoms with van der Waals surface area (Å²) >= 11 is 15.9. The van der Waals surface area contributed by atoms with Gasteiger partial charge in [-0.3, -0.25) is 9.59 Å². The van der Waals surface area contributed by atoms with Crippen molar-refractivity contribution in [2.45, 2.75) is 19.0 Å². The molecule has 0 aliphatic heterocycles. The number of amides is 2. The molecule has 5 nitrogen and oxygen atoms in total. The molecule has 4 aromatic rings. The van der Waals surface area contributed by atoms with Gasteiger partial charge < -0.3 is 15.0 Å². The Morgan fingerprint density at radius 3 is 2.38 bits per heavy atom. The lowest BCUT2D eigenvalue weighted by molar-refractivity contribution is -0.142. The van der Waals surface area contributed by atoms with Crippen LogP contribution in [-0.2, 0) is 22.6 Å². The molecule has 8 heteroatoms. The lowest BCUT2D eigenvalue weighted by Crippen LogP contribution is -2.51. The Bertz CT molecular complexity index is 1420. The molecule has 0 spiro atoms. The molecular formula is C29H25BrCl2N2O3. The van der Waals surface area contributed by atoms with Gasteiger partial charge in [-0.1, -0.05) is 89.9 Å². The highest BCUT2D eigenvalue weighted by Gasteiger charge is 2.30. The molecule has 190 valence electrons. The molecule has 1 N–H and O–H groups in total. The van der Waals surface area contributed by atoms with E-state index >= 15 is 0 Å². The van der Waals surface area contributed by atoms with E-state index in [1.165, 1.54) is 4.90 Å². The third kappa shape index (κ3) is 6.63. The van der Waals surface area contributed by atoms with E-state index in [0.29, 0.717) is 22.2 Å². The van der Waals surface area contributed by atoms with E-state index < -0.39 is 6.04 Å². The van der Waals surface area contributed by atoms with Crippen LogP contribution in [0.5, 0.6) is 5.75 Å². The fourth-order valence-electron chi connectivity index (χ4n) is 4.10. The molecule has 0 aliphatic rings. The molecule has 4 aromatic carbocycles. The van der Waals surface area contributed by atoms with Crippen molar-refractivity contribution in [1.82, 2.24) is 10.2 Å². The van der Waals surface area contributed by atoms with E-state index in [1.807, 2.05) is 66.7 Å². The number of nitrogens with one attached hydrogen (secondary N) is 1. The highest BCUT2D eigenvalue weighted by molar-refractivity contribution is 9.10. The zero-order valence-corrected chi connectivity index (χ0v) is 23.2. The average molecular weight is 600 g/mol. The van der Waals surface area contributed by atoms with E-state index in [4.69, 9.17) is 27.9 Å². The van der Waals surface area contributed by atoms with Crippen molar-refractivity contribution in [2.75, 3.05) is 13.7 Å². The zero-order valence-electron chi connectivity index (χ0n) is 20.1. The molecule has 4 rings (SSSR count). The highest BCUT2D eigenvalue weighted by Crippen LogP contribution is 2.33. The van der Waals surface area contributed by atoms with Crippen LogP contribution in [0.15, 0.2) is 89.4 Å². The topological polar surface area (TPSA) is 58.6 Å². The summed E-state index contributed by atoms with van der Waals surface area (Å²) in [5.74, 6) is -0.0686. The minimum Gasteiger partial charge on any atom is -0.483 e. The summed E-state index contributed by atoms with van der Waals surface area (Å²) < 4.78 is 6.73. The van der Waals surface area contributed by atoms with Gasteiger partial charge >= 0.3 is 0 Å². The van der Waals surface area contributed by atoms with Gasteiger partial charge in [0.05, 0.1) is 14.5 Å². The van der Waals surface area contributed by atoms with Crippen molar-refractivity contribution in [2.24, 2.45) is 0 Å². The fourth-order valence-corrected chi connectivity index (χ4v) is 5.03. The predicted molar refractivity (Wildman–Crippen MR) is 152 cm³/mol. The summed E-state index contributed by atoms with van der Waals surface area (Å²) in [5.41, 5.74) is 1.68. The Morgan fingerprint density at radius 2 is 1.65 bits per heavy atom. The second-order valence-corrected chi connectivity index (χ2v) is 10.1. The minimum atomic E-state index is -0.766. The lowest BCUT2D eigenvalue weighted by Gasteiger charge is -2.31. The van der Waals surface area contributed by atoms with Crippen LogP contribution >= 0.6 is 39.1 Å².